The summed E-state index contributed by atoms with van der Waals surface area (Å²) in [6, 6.07) is 13.1. The van der Waals surface area contributed by atoms with Crippen molar-refractivity contribution in [3.8, 4) is 23.0 Å². The number of ether oxygens (including phenoxy) is 4. The molecule has 1 heterocycles. The molecule has 6 N–H and O–H groups in total. The first-order chi connectivity index (χ1) is 25.1. The van der Waals surface area contributed by atoms with Gasteiger partial charge in [0.15, 0.2) is 23.1 Å². The molecule has 0 spiro atoms. The molecule has 1 atom stereocenters. The second-order valence-corrected chi connectivity index (χ2v) is 12.3. The van der Waals surface area contributed by atoms with Crippen LogP contribution in [-0.4, -0.2) is 72.1 Å². The van der Waals surface area contributed by atoms with E-state index in [2.05, 4.69) is 15.6 Å². The van der Waals surface area contributed by atoms with Crippen molar-refractivity contribution < 1.29 is 52.3 Å². The van der Waals surface area contributed by atoms with E-state index in [0.29, 0.717) is 54.0 Å². The summed E-state index contributed by atoms with van der Waals surface area (Å²) in [6.45, 7) is 1.53. The van der Waals surface area contributed by atoms with Crippen LogP contribution in [0.25, 0.3) is 10.9 Å². The number of rotatable bonds is 18. The first kappa shape index (κ1) is 37.9. The topological polar surface area (TPSA) is 192 Å². The highest BCUT2D eigenvalue weighted by atomic mass is 19.1. The lowest BCUT2D eigenvalue weighted by Crippen LogP contribution is -2.35. The van der Waals surface area contributed by atoms with E-state index < -0.39 is 46.8 Å². The standard InChI is InChI=1S/C37H40F2N4O9/c1-2-49-32-17-26-29(18-33(32)50-15-3-4-28(40)34(46)51-21-22(19-44)20-45)41-14-11-30(26)52-31-10-9-25(16-27(31)39)43-36(48)37(12-13-37)35(47)42-24-7-5-23(38)6-8-24/h5-11,14,16-18,22,28,44-45H,2-4,12-13,15,19-21,40H2,1H3,(H,42,47)(H,43,48). The summed E-state index contributed by atoms with van der Waals surface area (Å²) in [5, 5.41) is 24.0. The van der Waals surface area contributed by atoms with Gasteiger partial charge >= 0.3 is 5.97 Å². The third kappa shape index (κ3) is 9.29. The molecule has 2 amide bonds. The lowest BCUT2D eigenvalue weighted by molar-refractivity contribution is -0.147. The third-order valence-electron chi connectivity index (χ3n) is 8.40. The van der Waals surface area contributed by atoms with Crippen molar-refractivity contribution in [3.05, 3.63) is 78.5 Å². The number of nitrogens with zero attached hydrogens (tertiary/aromatic N) is 1. The normalized spacial score (nSPS) is 13.7. The number of halogens is 2. The number of benzene rings is 3. The van der Waals surface area contributed by atoms with Gasteiger partial charge in [0, 0.05) is 41.0 Å². The highest BCUT2D eigenvalue weighted by molar-refractivity contribution is 6.16. The predicted octanol–water partition coefficient (Wildman–Crippen LogP) is 4.69. The number of nitrogens with one attached hydrogen (secondary N) is 2. The first-order valence-corrected chi connectivity index (χ1v) is 16.7. The number of carbonyl (C=O) groups excluding carboxylic acids is 3. The van der Waals surface area contributed by atoms with Crippen molar-refractivity contribution in [2.75, 3.05) is 43.7 Å². The molecule has 276 valence electrons. The molecule has 1 unspecified atom stereocenters. The average Bonchev–Trinajstić information content (AvgIpc) is 3.95. The van der Waals surface area contributed by atoms with Crippen LogP contribution in [0.2, 0.25) is 0 Å². The van der Waals surface area contributed by atoms with E-state index in [4.69, 9.17) is 34.9 Å². The van der Waals surface area contributed by atoms with E-state index in [1.807, 2.05) is 0 Å². The molecule has 1 aliphatic rings. The summed E-state index contributed by atoms with van der Waals surface area (Å²) in [6.07, 6.45) is 2.78. The Morgan fingerprint density at radius 2 is 1.56 bits per heavy atom. The summed E-state index contributed by atoms with van der Waals surface area (Å²) in [7, 11) is 0. The Morgan fingerprint density at radius 3 is 2.21 bits per heavy atom. The molecule has 0 aliphatic heterocycles. The van der Waals surface area contributed by atoms with Gasteiger partial charge in [-0.25, -0.2) is 8.78 Å². The van der Waals surface area contributed by atoms with Gasteiger partial charge in [0.05, 0.1) is 38.6 Å². The molecule has 1 aliphatic carbocycles. The molecule has 4 aromatic rings. The molecule has 1 fully saturated rings. The van der Waals surface area contributed by atoms with Crippen LogP contribution in [0.4, 0.5) is 20.2 Å². The highest BCUT2D eigenvalue weighted by Crippen LogP contribution is 2.47. The van der Waals surface area contributed by atoms with Crippen LogP contribution in [0.3, 0.4) is 0 Å². The number of pyridine rings is 1. The number of anilines is 2. The van der Waals surface area contributed by atoms with Gasteiger partial charge < -0.3 is 45.5 Å². The predicted molar refractivity (Wildman–Crippen MR) is 186 cm³/mol. The van der Waals surface area contributed by atoms with Gasteiger partial charge in [0.2, 0.25) is 11.8 Å². The minimum Gasteiger partial charge on any atom is -0.490 e. The molecule has 3 aromatic carbocycles. The number of hydrogen-bond donors (Lipinski definition) is 5. The van der Waals surface area contributed by atoms with Crippen molar-refractivity contribution in [1.82, 2.24) is 4.98 Å². The fraction of sp³-hybridized carbons (Fsp3) is 0.351. The number of aliphatic hydroxyl groups is 2. The minimum absolute atomic E-state index is 0.128. The van der Waals surface area contributed by atoms with Crippen LogP contribution in [0.15, 0.2) is 66.9 Å². The molecule has 0 radical (unpaired) electrons. The fourth-order valence-corrected chi connectivity index (χ4v) is 5.17. The molecule has 52 heavy (non-hydrogen) atoms. The first-order valence-electron chi connectivity index (χ1n) is 16.7. The number of amides is 2. The number of carbonyl (C=O) groups is 3. The van der Waals surface area contributed by atoms with Crippen LogP contribution in [0.1, 0.15) is 32.6 Å². The van der Waals surface area contributed by atoms with Gasteiger partial charge in [0.1, 0.15) is 23.0 Å². The molecule has 15 heteroatoms. The molecular formula is C37H40F2N4O9. The van der Waals surface area contributed by atoms with Crippen molar-refractivity contribution in [2.45, 2.75) is 38.6 Å². The molecule has 1 saturated carbocycles. The Labute approximate surface area is 298 Å². The van der Waals surface area contributed by atoms with Gasteiger partial charge in [0.25, 0.3) is 0 Å². The summed E-state index contributed by atoms with van der Waals surface area (Å²) in [5.41, 5.74) is 5.56. The second-order valence-electron chi connectivity index (χ2n) is 12.3. The number of esters is 1. The number of aliphatic hydroxyl groups excluding tert-OH is 2. The monoisotopic (exact) mass is 722 g/mol. The van der Waals surface area contributed by atoms with Gasteiger partial charge in [-0.2, -0.15) is 0 Å². The summed E-state index contributed by atoms with van der Waals surface area (Å²) >= 11 is 0. The zero-order chi connectivity index (χ0) is 37.3. The van der Waals surface area contributed by atoms with Crippen LogP contribution in [-0.2, 0) is 19.1 Å². The largest absolute Gasteiger partial charge is 0.490 e. The Balaban J connectivity index is 1.21. The highest BCUT2D eigenvalue weighted by Gasteiger charge is 2.56. The van der Waals surface area contributed by atoms with Crippen LogP contribution < -0.4 is 30.6 Å². The Hall–Kier alpha value is -5.38. The van der Waals surface area contributed by atoms with Crippen molar-refractivity contribution in [2.24, 2.45) is 17.1 Å². The summed E-state index contributed by atoms with van der Waals surface area (Å²) < 4.78 is 51.3. The van der Waals surface area contributed by atoms with E-state index in [1.54, 1.807) is 25.1 Å². The number of nitrogens with two attached hydrogens (primary N) is 1. The van der Waals surface area contributed by atoms with E-state index in [-0.39, 0.29) is 50.0 Å². The molecule has 1 aromatic heterocycles. The second kappa shape index (κ2) is 17.2. The van der Waals surface area contributed by atoms with Gasteiger partial charge in [-0.3, -0.25) is 19.4 Å². The zero-order valence-electron chi connectivity index (χ0n) is 28.4. The lowest BCUT2D eigenvalue weighted by atomic mass is 10.0. The fourth-order valence-electron chi connectivity index (χ4n) is 5.17. The van der Waals surface area contributed by atoms with Crippen molar-refractivity contribution in [1.29, 1.82) is 0 Å². The van der Waals surface area contributed by atoms with E-state index in [1.165, 1.54) is 42.6 Å². The SMILES string of the molecule is CCOc1cc2c(Oc3ccc(NC(=O)C4(C(=O)Nc5ccc(F)cc5)CC4)cc3F)ccnc2cc1OCCCC(N)C(=O)OCC(CO)CO. The van der Waals surface area contributed by atoms with Gasteiger partial charge in [-0.15, -0.1) is 0 Å². The Kier molecular flexibility index (Phi) is 12.5. The molecule has 0 saturated heterocycles. The third-order valence-corrected chi connectivity index (χ3v) is 8.40. The van der Waals surface area contributed by atoms with Crippen molar-refractivity contribution >= 4 is 40.1 Å². The minimum atomic E-state index is -1.32. The quantitative estimate of drug-likeness (QED) is 0.0544. The van der Waals surface area contributed by atoms with E-state index >= 15 is 4.39 Å². The van der Waals surface area contributed by atoms with Crippen LogP contribution >= 0.6 is 0 Å². The number of fused-ring (bicyclic) bond motifs is 1. The number of hydrogen-bond acceptors (Lipinski definition) is 11. The maximum absolute atomic E-state index is 15.3. The van der Waals surface area contributed by atoms with Gasteiger partial charge in [-0.1, -0.05) is 0 Å². The summed E-state index contributed by atoms with van der Waals surface area (Å²) in [4.78, 5) is 42.5. The molecular weight excluding hydrogens is 682 g/mol. The lowest BCUT2D eigenvalue weighted by Gasteiger charge is -2.17. The van der Waals surface area contributed by atoms with Crippen molar-refractivity contribution in [3.63, 3.8) is 0 Å². The van der Waals surface area contributed by atoms with E-state index in [9.17, 15) is 18.8 Å². The molecule has 5 rings (SSSR count). The molecule has 0 bridgehead atoms. The average molecular weight is 723 g/mol. The van der Waals surface area contributed by atoms with Crippen LogP contribution in [0, 0.1) is 23.0 Å². The maximum Gasteiger partial charge on any atom is 0.322 e. The maximum atomic E-state index is 15.3. The molecule has 13 nitrogen and oxygen atoms in total. The van der Waals surface area contributed by atoms with Gasteiger partial charge in [-0.05, 0) is 81.1 Å². The Morgan fingerprint density at radius 1 is 0.885 bits per heavy atom. The Bertz CT molecular complexity index is 1890. The summed E-state index contributed by atoms with van der Waals surface area (Å²) in [5.74, 6) is -2.64. The smallest absolute Gasteiger partial charge is 0.322 e. The van der Waals surface area contributed by atoms with Crippen LogP contribution in [0.5, 0.6) is 23.0 Å². The number of aromatic nitrogens is 1. The zero-order valence-corrected chi connectivity index (χ0v) is 28.4. The van der Waals surface area contributed by atoms with E-state index in [0.717, 1.165) is 6.07 Å².